The van der Waals surface area contributed by atoms with Gasteiger partial charge in [0, 0.05) is 195 Å². The summed E-state index contributed by atoms with van der Waals surface area (Å²) in [4.78, 5) is 20.1. The lowest BCUT2D eigenvalue weighted by atomic mass is 9.87. The smallest absolute Gasteiger partial charge is 0.186 e. The van der Waals surface area contributed by atoms with Crippen molar-refractivity contribution in [2.24, 2.45) is 41.4 Å². The second-order valence-electron chi connectivity index (χ2n) is 26.7. The summed E-state index contributed by atoms with van der Waals surface area (Å²) in [6.07, 6.45) is -43.1. The second kappa shape index (κ2) is 102. The van der Waals surface area contributed by atoms with Crippen LogP contribution < -0.4 is 0 Å². The largest absolute Gasteiger partial charge is 0.748 e. The first-order valence-electron chi connectivity index (χ1n) is 35.9. The summed E-state index contributed by atoms with van der Waals surface area (Å²) >= 11 is -12.6. The topological polar surface area (TPSA) is 656 Å². The molecule has 0 aromatic rings. The van der Waals surface area contributed by atoms with Crippen LogP contribution in [0.4, 0.5) is 165 Å². The lowest BCUT2D eigenvalue weighted by Crippen LogP contribution is -2.60. The quantitative estimate of drug-likeness (QED) is 0.0169. The normalized spacial score (nSPS) is 36.5. The van der Waals surface area contributed by atoms with Crippen molar-refractivity contribution in [2.45, 2.75) is 272 Å². The molecule has 44 atom stereocenters. The van der Waals surface area contributed by atoms with E-state index in [0.29, 0.717) is 6.42 Å². The van der Waals surface area contributed by atoms with E-state index in [9.17, 15) is 107 Å². The van der Waals surface area contributed by atoms with Crippen molar-refractivity contribution < 1.29 is 380 Å². The number of hydrogen-bond acceptors (Lipinski definition) is 45. The molecule has 8 aliphatic heterocycles. The predicted molar refractivity (Wildman–Crippen MR) is 377 cm³/mol. The van der Waals surface area contributed by atoms with Crippen LogP contribution in [0.3, 0.4) is 0 Å². The Kier molecular flexibility index (Phi) is 121. The Morgan fingerprint density at radius 3 is 0.613 bits per heavy atom. The molecule has 0 aliphatic carbocycles. The standard InChI is InChI=1S/C29H52O22S2.C28H50O23S2.16F2.4FH/c1-6-14-18(30)11(3)45-27(21(14)33)42-8-16-23(35)29(47-13(5)25(16)49-51-53(39)40)43-9-17-22(34)28(46-12(4)24(17)48-50-52(37)38)41-7-15-19(31)10(2)44-26(36)20(15)32;1-9-16(29)13(18(31)25(40-5)44-9)6-41-26-19(32)14(23(11(3)46-26)48-50-52(36)37)7-42-27-20(33)15(24(12(4)47-27)49-51-53(38)39)8-43-28-22(35)21(34)17(30)10(2)45-28;16*1-2;;;;/h10-36H,6-9H2,1-5H3,(H,37,38)(H,39,40);9-35H,6-8H2,1-5H3,(H,36,37)(H,38,39);;;;;;;;;;;;;;;;;4*1H/p-4/t10?,11?,12?,13?,14-,15-,16+,17+,18+,19+,20?,21?,22?,23?,24+,25+,26?,27+,28+,29+;9?,10?,11?,12?,13-,14+,15+,16+,17+,18?,19?,20?,21-,22?,23+,24+,25+,26+,27+,28+;;;;;;;;;;;;;;;;;;;;/m00..................../s1. The number of methoxy groups -OCH3 is 1. The van der Waals surface area contributed by atoms with Crippen LogP contribution in [0.1, 0.15) is 68.7 Å². The Balaban J connectivity index is -0.000000146. The number of ether oxygens (including phenoxy) is 15. The van der Waals surface area contributed by atoms with Crippen molar-refractivity contribution in [1.82, 2.24) is 0 Å². The third kappa shape index (κ3) is 56.5. The first-order chi connectivity index (χ1) is 65.9. The maximum atomic E-state index is 11.4. The van der Waals surface area contributed by atoms with Gasteiger partial charge in [0.2, 0.25) is 0 Å². The van der Waals surface area contributed by atoms with Gasteiger partial charge in [0.1, 0.15) is 131 Å². The van der Waals surface area contributed by atoms with Gasteiger partial charge in [-0.15, -0.1) is 17.3 Å². The van der Waals surface area contributed by atoms with Crippen molar-refractivity contribution in [2.75, 3.05) is 46.8 Å². The minimum atomic E-state index is -3.15. The Bertz CT molecular complexity index is 2800. The molecular formula is C57H102F36O45S4-4. The van der Waals surface area contributed by atoms with E-state index in [1.807, 2.05) is 0 Å². The molecule has 0 radical (unpaired) electrons. The Hall–Kier alpha value is -3.56. The van der Waals surface area contributed by atoms with Crippen molar-refractivity contribution in [3.8, 4) is 0 Å². The van der Waals surface area contributed by atoms with Crippen LogP contribution in [0.15, 0.2) is 0 Å². The Labute approximate surface area is 783 Å². The first kappa shape index (κ1) is 169. The fraction of sp³-hybridized carbons (Fsp3) is 1.00. The molecule has 0 aromatic carbocycles. The summed E-state index contributed by atoms with van der Waals surface area (Å²) in [5.74, 6) is -7.50. The molecule has 8 heterocycles. The maximum absolute atomic E-state index is 11.4. The molecular weight excluding hydrogens is 2220 g/mol. The third-order valence-electron chi connectivity index (χ3n) is 19.8. The fourth-order valence-electron chi connectivity index (χ4n) is 13.7. The van der Waals surface area contributed by atoms with Crippen LogP contribution in [0, 0.1) is 41.4 Å². The minimum Gasteiger partial charge on any atom is -0.748 e. The highest BCUT2D eigenvalue weighted by molar-refractivity contribution is 7.74. The summed E-state index contributed by atoms with van der Waals surface area (Å²) < 4.78 is 447. The molecule has 21 unspecified atom stereocenters. The Morgan fingerprint density at radius 1 is 0.225 bits per heavy atom. The van der Waals surface area contributed by atoms with Crippen molar-refractivity contribution in [1.29, 1.82) is 0 Å². The molecule has 14 N–H and O–H groups in total. The molecule has 45 nitrogen and oxygen atoms in total. The van der Waals surface area contributed by atoms with Crippen molar-refractivity contribution >= 4 is 45.4 Å². The van der Waals surface area contributed by atoms with E-state index in [4.69, 9.17) is 237 Å². The summed E-state index contributed by atoms with van der Waals surface area (Å²) in [6, 6.07) is 0. The molecule has 0 aromatic heterocycles. The highest BCUT2D eigenvalue weighted by Crippen LogP contribution is 2.40. The van der Waals surface area contributed by atoms with Crippen LogP contribution in [-0.2, 0) is 153 Å². The molecule has 880 valence electrons. The molecule has 8 aliphatic rings. The number of hydrogen-bond donors (Lipinski definition) is 14. The molecule has 0 spiro atoms. The highest BCUT2D eigenvalue weighted by Gasteiger charge is 2.55. The van der Waals surface area contributed by atoms with Crippen LogP contribution >= 0.6 is 0 Å². The van der Waals surface area contributed by atoms with Gasteiger partial charge in [0.15, 0.2) is 50.3 Å². The Morgan fingerprint density at radius 2 is 0.394 bits per heavy atom. The minimum absolute atomic E-state index is 0. The number of aliphatic hydroxyl groups is 14. The summed E-state index contributed by atoms with van der Waals surface area (Å²) in [6.45, 7) is 10.7. The molecule has 8 rings (SSSR count). The average molecular weight is 2320 g/mol. The van der Waals surface area contributed by atoms with E-state index in [1.54, 1.807) is 20.8 Å². The van der Waals surface area contributed by atoms with E-state index in [2.05, 4.69) is 17.3 Å². The summed E-state index contributed by atoms with van der Waals surface area (Å²) in [7, 11) is 1.31. The average Bonchev–Trinajstić information content (AvgIpc) is 0.789. The van der Waals surface area contributed by atoms with E-state index in [0.717, 1.165) is 0 Å². The molecule has 0 amide bonds. The molecule has 8 fully saturated rings. The first-order valence-corrected chi connectivity index (χ1v) is 39.9. The van der Waals surface area contributed by atoms with E-state index >= 15 is 0 Å². The SMILES string of the molecule is CC[C@@H]1C(O)[C@H](OC[C@@H]2C(O)[C@H](OC[C@@H]3C(O)[C@H](OC[C@@H]4C(O)C(O)OC(C)[C@H]4O)OC(C)[C@H]3OOS(=O)[O-])OC(C)[C@H]2OOS(=O)[O-])OC(C)[C@H]1O.CO[C@@H]1OC(C)[C@@H](O)[C@H](CO[C@@H]2OC(C)[C@@H](OOS(=O)[O-])[C@H](CO[C@@H]3OC(C)[C@@H](OOS(=O)[O-])[C@H](CO[C@@H]4OC(C)[C@@H](O)[C@H](O)C4O)C3O)C2O)C1O.F.F.F.F.FF.FF.FF.FF.FF.FF.FF.FF.FF.FF.FF.FF.FF.FF.FF.FF. The van der Waals surface area contributed by atoms with Gasteiger partial charge < -0.3 is 161 Å². The van der Waals surface area contributed by atoms with Gasteiger partial charge >= 0.3 is 0 Å². The third-order valence-corrected chi connectivity index (χ3v) is 20.6. The van der Waals surface area contributed by atoms with E-state index in [1.165, 1.54) is 48.7 Å². The van der Waals surface area contributed by atoms with Crippen LogP contribution in [-0.4, -0.2) is 356 Å². The van der Waals surface area contributed by atoms with Crippen LogP contribution in [0.25, 0.3) is 0 Å². The summed E-state index contributed by atoms with van der Waals surface area (Å²) in [5, 5.41) is 150. The predicted octanol–water partition coefficient (Wildman–Crippen LogP) is 5.58. The van der Waals surface area contributed by atoms with Gasteiger partial charge in [-0.05, 0) is 61.8 Å². The van der Waals surface area contributed by atoms with Gasteiger partial charge in [-0.1, -0.05) is 6.92 Å². The van der Waals surface area contributed by atoms with Crippen LogP contribution in [0.5, 0.6) is 0 Å². The number of halogens is 36. The zero-order chi connectivity index (χ0) is 111. The molecule has 85 heteroatoms. The number of aliphatic hydroxyl groups excluding tert-OH is 14. The van der Waals surface area contributed by atoms with Gasteiger partial charge in [-0.3, -0.25) is 18.8 Å². The van der Waals surface area contributed by atoms with Crippen molar-refractivity contribution in [3.05, 3.63) is 0 Å². The van der Waals surface area contributed by atoms with Gasteiger partial charge in [-0.2, -0.15) is 0 Å². The number of rotatable bonds is 32. The van der Waals surface area contributed by atoms with Crippen molar-refractivity contribution in [3.63, 3.8) is 0 Å². The van der Waals surface area contributed by atoms with E-state index in [-0.39, 0.29) is 25.4 Å². The monoisotopic (exact) mass is 2320 g/mol. The molecule has 8 saturated heterocycles. The van der Waals surface area contributed by atoms with Gasteiger partial charge in [-0.25, -0.2) is 36.4 Å². The maximum Gasteiger partial charge on any atom is 0.186 e. The zero-order valence-corrected chi connectivity index (χ0v) is 75.6. The molecule has 0 saturated carbocycles. The summed E-state index contributed by atoms with van der Waals surface area (Å²) in [5.41, 5.74) is 0. The lowest BCUT2D eigenvalue weighted by Gasteiger charge is -2.46. The van der Waals surface area contributed by atoms with Crippen LogP contribution in [0.2, 0.25) is 0 Å². The fourth-order valence-corrected chi connectivity index (χ4v) is 14.3. The molecule has 142 heavy (non-hydrogen) atoms. The van der Waals surface area contributed by atoms with Gasteiger partial charge in [0.25, 0.3) is 0 Å². The van der Waals surface area contributed by atoms with Gasteiger partial charge in [0.05, 0.1) is 107 Å². The van der Waals surface area contributed by atoms with E-state index < -0.39 is 323 Å². The second-order valence-corrected chi connectivity index (χ2v) is 28.9. The zero-order valence-electron chi connectivity index (χ0n) is 72.3. The molecule has 0 bridgehead atoms. The highest BCUT2D eigenvalue weighted by atomic mass is 32.2. The lowest BCUT2D eigenvalue weighted by molar-refractivity contribution is -0.372.